The molecular formula is C18H11ClF3N3O. The molecule has 0 bridgehead atoms. The number of aromatic nitrogens is 2. The molecule has 26 heavy (non-hydrogen) atoms. The maximum Gasteiger partial charge on any atom is 0.436 e. The Balaban J connectivity index is 2.30. The number of nitriles is 1. The smallest absolute Gasteiger partial charge is 0.436 e. The van der Waals surface area contributed by atoms with Crippen LogP contribution in [0.4, 0.5) is 13.2 Å². The molecule has 0 aliphatic carbocycles. The summed E-state index contributed by atoms with van der Waals surface area (Å²) >= 11 is 5.85. The van der Waals surface area contributed by atoms with Crippen molar-refractivity contribution in [2.45, 2.75) is 6.18 Å². The molecule has 0 N–H and O–H groups in total. The van der Waals surface area contributed by atoms with Gasteiger partial charge in [-0.2, -0.15) is 23.5 Å². The third kappa shape index (κ3) is 3.24. The van der Waals surface area contributed by atoms with Gasteiger partial charge in [-0.25, -0.2) is 4.68 Å². The summed E-state index contributed by atoms with van der Waals surface area (Å²) in [5.41, 5.74) is -0.976. The van der Waals surface area contributed by atoms with Crippen LogP contribution in [0.2, 0.25) is 5.02 Å². The van der Waals surface area contributed by atoms with E-state index in [1.165, 1.54) is 31.4 Å². The number of alkyl halides is 3. The van der Waals surface area contributed by atoms with Crippen LogP contribution in [0.1, 0.15) is 11.3 Å². The lowest BCUT2D eigenvalue weighted by Crippen LogP contribution is -2.08. The van der Waals surface area contributed by atoms with Crippen LogP contribution in [0.3, 0.4) is 0 Å². The first-order valence-electron chi connectivity index (χ1n) is 7.36. The zero-order chi connectivity index (χ0) is 18.9. The molecule has 0 unspecified atom stereocenters. The van der Waals surface area contributed by atoms with Gasteiger partial charge in [0.2, 0.25) is 0 Å². The van der Waals surface area contributed by atoms with Gasteiger partial charge < -0.3 is 4.74 Å². The first kappa shape index (κ1) is 17.8. The molecule has 0 saturated carbocycles. The van der Waals surface area contributed by atoms with Gasteiger partial charge >= 0.3 is 6.18 Å². The average molecular weight is 378 g/mol. The van der Waals surface area contributed by atoms with Gasteiger partial charge in [0.1, 0.15) is 17.4 Å². The Hall–Kier alpha value is -2.98. The number of hydrogen-bond acceptors (Lipinski definition) is 3. The van der Waals surface area contributed by atoms with Crippen molar-refractivity contribution < 1.29 is 17.9 Å². The Morgan fingerprint density at radius 3 is 2.19 bits per heavy atom. The summed E-state index contributed by atoms with van der Waals surface area (Å²) in [6.07, 6.45) is -4.76. The minimum atomic E-state index is -4.76. The number of benzene rings is 2. The highest BCUT2D eigenvalue weighted by molar-refractivity contribution is 6.30. The number of nitrogens with zero attached hydrogens (tertiary/aromatic N) is 3. The van der Waals surface area contributed by atoms with Crippen molar-refractivity contribution in [1.82, 2.24) is 9.78 Å². The summed E-state index contributed by atoms with van der Waals surface area (Å²) in [6.45, 7) is 0. The Bertz CT molecular complexity index is 971. The SMILES string of the molecule is COc1ccc(-c2c(C#N)c(C(F)(F)F)nn2-c2ccc(Cl)cc2)cc1. The molecule has 1 aromatic heterocycles. The second kappa shape index (κ2) is 6.73. The number of hydrogen-bond donors (Lipinski definition) is 0. The normalized spacial score (nSPS) is 11.2. The zero-order valence-corrected chi connectivity index (χ0v) is 14.1. The molecule has 0 fully saturated rings. The van der Waals surface area contributed by atoms with Crippen LogP contribution in [0.25, 0.3) is 16.9 Å². The van der Waals surface area contributed by atoms with Crippen LogP contribution in [0, 0.1) is 11.3 Å². The summed E-state index contributed by atoms with van der Waals surface area (Å²) in [6, 6.07) is 14.1. The molecule has 8 heteroatoms. The maximum atomic E-state index is 13.4. The molecule has 0 aliphatic heterocycles. The highest BCUT2D eigenvalue weighted by Crippen LogP contribution is 2.37. The van der Waals surface area contributed by atoms with Gasteiger partial charge in [0, 0.05) is 10.6 Å². The number of methoxy groups -OCH3 is 1. The molecule has 1 heterocycles. The van der Waals surface area contributed by atoms with Gasteiger partial charge in [-0.3, -0.25) is 0 Å². The summed E-state index contributed by atoms with van der Waals surface area (Å²) < 4.78 is 46.3. The predicted molar refractivity (Wildman–Crippen MR) is 90.3 cm³/mol. The predicted octanol–water partition coefficient (Wildman–Crippen LogP) is 5.09. The van der Waals surface area contributed by atoms with E-state index >= 15 is 0 Å². The van der Waals surface area contributed by atoms with Crippen LogP contribution in [0.15, 0.2) is 48.5 Å². The van der Waals surface area contributed by atoms with Crippen molar-refractivity contribution in [3.05, 3.63) is 64.8 Å². The van der Waals surface area contributed by atoms with E-state index in [1.54, 1.807) is 30.3 Å². The van der Waals surface area contributed by atoms with E-state index in [4.69, 9.17) is 16.3 Å². The van der Waals surface area contributed by atoms with Crippen molar-refractivity contribution in [2.24, 2.45) is 0 Å². The molecule has 0 aliphatic rings. The Labute approximate surface area is 152 Å². The third-order valence-corrected chi connectivity index (χ3v) is 3.95. The van der Waals surface area contributed by atoms with Crippen molar-refractivity contribution in [3.8, 4) is 28.8 Å². The molecule has 132 valence electrons. The quantitative estimate of drug-likeness (QED) is 0.638. The van der Waals surface area contributed by atoms with Gasteiger partial charge in [0.05, 0.1) is 18.5 Å². The zero-order valence-electron chi connectivity index (χ0n) is 13.4. The molecule has 0 atom stereocenters. The summed E-state index contributed by atoms with van der Waals surface area (Å²) in [7, 11) is 1.48. The highest BCUT2D eigenvalue weighted by atomic mass is 35.5. The molecule has 2 aromatic carbocycles. The largest absolute Gasteiger partial charge is 0.497 e. The lowest BCUT2D eigenvalue weighted by molar-refractivity contribution is -0.141. The topological polar surface area (TPSA) is 50.8 Å². The van der Waals surface area contributed by atoms with E-state index in [-0.39, 0.29) is 5.69 Å². The fraction of sp³-hybridized carbons (Fsp3) is 0.111. The molecule has 4 nitrogen and oxygen atoms in total. The van der Waals surface area contributed by atoms with Crippen LogP contribution < -0.4 is 4.74 Å². The Morgan fingerprint density at radius 2 is 1.69 bits per heavy atom. The third-order valence-electron chi connectivity index (χ3n) is 3.70. The van der Waals surface area contributed by atoms with Gasteiger partial charge in [0.15, 0.2) is 5.69 Å². The number of halogens is 4. The van der Waals surface area contributed by atoms with Crippen LogP contribution in [-0.2, 0) is 6.18 Å². The summed E-state index contributed by atoms with van der Waals surface area (Å²) in [5, 5.41) is 13.5. The van der Waals surface area contributed by atoms with Crippen LogP contribution in [0.5, 0.6) is 5.75 Å². The minimum absolute atomic E-state index is 0.0461. The van der Waals surface area contributed by atoms with Gasteiger partial charge in [-0.05, 0) is 48.5 Å². The first-order chi connectivity index (χ1) is 12.3. The van der Waals surface area contributed by atoms with Crippen molar-refractivity contribution in [1.29, 1.82) is 5.26 Å². The van der Waals surface area contributed by atoms with Crippen molar-refractivity contribution >= 4 is 11.6 Å². The van der Waals surface area contributed by atoms with E-state index in [0.717, 1.165) is 4.68 Å². The van der Waals surface area contributed by atoms with Crippen molar-refractivity contribution in [3.63, 3.8) is 0 Å². The second-order valence-corrected chi connectivity index (χ2v) is 5.73. The Morgan fingerprint density at radius 1 is 1.08 bits per heavy atom. The molecule has 0 radical (unpaired) electrons. The monoisotopic (exact) mass is 377 g/mol. The molecule has 0 amide bonds. The first-order valence-corrected chi connectivity index (χ1v) is 7.73. The molecule has 3 rings (SSSR count). The van der Waals surface area contributed by atoms with Gasteiger partial charge in [0.25, 0.3) is 0 Å². The summed E-state index contributed by atoms with van der Waals surface area (Å²) in [5.74, 6) is 0.542. The Kier molecular flexibility index (Phi) is 4.62. The van der Waals surface area contributed by atoms with E-state index in [1.807, 2.05) is 0 Å². The highest BCUT2D eigenvalue weighted by Gasteiger charge is 2.40. The fourth-order valence-electron chi connectivity index (χ4n) is 2.51. The lowest BCUT2D eigenvalue weighted by atomic mass is 10.1. The average Bonchev–Trinajstić information content (AvgIpc) is 3.02. The standard InChI is InChI=1S/C18H11ClF3N3O/c1-26-14-8-2-11(3-9-14)16-15(10-23)17(18(20,21)22)24-25(16)13-6-4-12(19)5-7-13/h2-9H,1H3. The van der Waals surface area contributed by atoms with Gasteiger partial charge in [-0.15, -0.1) is 0 Å². The molecular weight excluding hydrogens is 367 g/mol. The fourth-order valence-corrected chi connectivity index (χ4v) is 2.63. The molecule has 3 aromatic rings. The van der Waals surface area contributed by atoms with E-state index < -0.39 is 17.4 Å². The van der Waals surface area contributed by atoms with Crippen LogP contribution in [-0.4, -0.2) is 16.9 Å². The van der Waals surface area contributed by atoms with Crippen LogP contribution >= 0.6 is 11.6 Å². The number of rotatable bonds is 3. The summed E-state index contributed by atoms with van der Waals surface area (Å²) in [4.78, 5) is 0. The van der Waals surface area contributed by atoms with E-state index in [9.17, 15) is 18.4 Å². The molecule has 0 saturated heterocycles. The number of ether oxygens (including phenoxy) is 1. The second-order valence-electron chi connectivity index (χ2n) is 5.30. The molecule has 0 spiro atoms. The van der Waals surface area contributed by atoms with E-state index in [0.29, 0.717) is 22.0 Å². The minimum Gasteiger partial charge on any atom is -0.497 e. The lowest BCUT2D eigenvalue weighted by Gasteiger charge is -2.09. The van der Waals surface area contributed by atoms with E-state index in [2.05, 4.69) is 5.10 Å². The van der Waals surface area contributed by atoms with Crippen molar-refractivity contribution in [2.75, 3.05) is 7.11 Å². The van der Waals surface area contributed by atoms with Gasteiger partial charge in [-0.1, -0.05) is 11.6 Å². The maximum absolute atomic E-state index is 13.4.